The molecule has 0 unspecified atom stereocenters. The molecule has 2 nitrogen and oxygen atoms in total. The van der Waals surface area contributed by atoms with Gasteiger partial charge in [0.25, 0.3) is 0 Å². The molecule has 3 heteroatoms. The fourth-order valence-electron chi connectivity index (χ4n) is 6.58. The van der Waals surface area contributed by atoms with Crippen molar-refractivity contribution in [1.29, 1.82) is 0 Å². The van der Waals surface area contributed by atoms with Crippen LogP contribution in [0.25, 0.3) is 85.8 Å². The summed E-state index contributed by atoms with van der Waals surface area (Å²) >= 11 is 1.86. The van der Waals surface area contributed by atoms with Crippen LogP contribution in [-0.2, 0) is 0 Å². The molecule has 0 aliphatic heterocycles. The van der Waals surface area contributed by atoms with E-state index in [1.807, 2.05) is 35.9 Å². The van der Waals surface area contributed by atoms with Gasteiger partial charge in [0, 0.05) is 54.1 Å². The van der Waals surface area contributed by atoms with Crippen LogP contribution in [-0.4, -0.2) is 9.97 Å². The highest BCUT2D eigenvalue weighted by molar-refractivity contribution is 7.26. The van der Waals surface area contributed by atoms with E-state index in [1.165, 1.54) is 64.0 Å². The zero-order valence-corrected chi connectivity index (χ0v) is 22.8. The summed E-state index contributed by atoms with van der Waals surface area (Å²) in [5, 5.41) is 9.66. The molecular weight excluding hydrogens is 516 g/mol. The highest BCUT2D eigenvalue weighted by atomic mass is 32.1. The summed E-state index contributed by atoms with van der Waals surface area (Å²) in [5.74, 6) is 0. The van der Waals surface area contributed by atoms with E-state index in [2.05, 4.69) is 109 Å². The van der Waals surface area contributed by atoms with Gasteiger partial charge in [-0.3, -0.25) is 9.97 Å². The summed E-state index contributed by atoms with van der Waals surface area (Å²) in [5.41, 5.74) is 6.94. The number of hydrogen-bond donors (Lipinski definition) is 0. The van der Waals surface area contributed by atoms with Crippen molar-refractivity contribution >= 4 is 74.9 Å². The zero-order chi connectivity index (χ0) is 26.9. The molecule has 9 rings (SSSR count). The first kappa shape index (κ1) is 22.7. The summed E-state index contributed by atoms with van der Waals surface area (Å²) in [6, 6.07) is 43.8. The monoisotopic (exact) mass is 538 g/mol. The number of rotatable bonds is 2. The van der Waals surface area contributed by atoms with Crippen LogP contribution in [0.5, 0.6) is 0 Å². The Kier molecular flexibility index (Phi) is 4.80. The number of aromatic nitrogens is 2. The normalized spacial score (nSPS) is 11.9. The van der Waals surface area contributed by atoms with Crippen molar-refractivity contribution in [3.8, 4) is 22.3 Å². The molecule has 3 aromatic heterocycles. The lowest BCUT2D eigenvalue weighted by atomic mass is 9.86. The molecule has 0 fully saturated rings. The summed E-state index contributed by atoms with van der Waals surface area (Å²) in [6.45, 7) is 0. The van der Waals surface area contributed by atoms with Crippen molar-refractivity contribution in [3.63, 3.8) is 0 Å². The second-order valence-electron chi connectivity index (χ2n) is 10.5. The molecule has 190 valence electrons. The Morgan fingerprint density at radius 1 is 0.390 bits per heavy atom. The first-order chi connectivity index (χ1) is 20.3. The van der Waals surface area contributed by atoms with Gasteiger partial charge in [-0.2, -0.15) is 0 Å². The second-order valence-corrected chi connectivity index (χ2v) is 11.6. The molecule has 0 aliphatic carbocycles. The fourth-order valence-corrected chi connectivity index (χ4v) is 7.70. The van der Waals surface area contributed by atoms with Crippen LogP contribution in [0.3, 0.4) is 0 Å². The Hall–Kier alpha value is -5.12. The summed E-state index contributed by atoms with van der Waals surface area (Å²) < 4.78 is 2.59. The van der Waals surface area contributed by atoms with Crippen molar-refractivity contribution < 1.29 is 0 Å². The lowest BCUT2D eigenvalue weighted by Gasteiger charge is -2.18. The molecule has 0 radical (unpaired) electrons. The molecule has 0 atom stereocenters. The summed E-state index contributed by atoms with van der Waals surface area (Å²) in [7, 11) is 0. The lowest BCUT2D eigenvalue weighted by molar-refractivity contribution is 1.43. The van der Waals surface area contributed by atoms with E-state index in [1.54, 1.807) is 0 Å². The van der Waals surface area contributed by atoms with Crippen molar-refractivity contribution in [3.05, 3.63) is 134 Å². The maximum absolute atomic E-state index is 4.91. The van der Waals surface area contributed by atoms with Crippen molar-refractivity contribution in [2.24, 2.45) is 0 Å². The van der Waals surface area contributed by atoms with Crippen LogP contribution in [0.15, 0.2) is 134 Å². The summed E-state index contributed by atoms with van der Waals surface area (Å²) in [6.07, 6.45) is 3.81. The predicted octanol–water partition coefficient (Wildman–Crippen LogP) is 10.8. The molecule has 3 heterocycles. The van der Waals surface area contributed by atoms with Crippen LogP contribution in [0.1, 0.15) is 0 Å². The van der Waals surface area contributed by atoms with E-state index in [-0.39, 0.29) is 0 Å². The maximum atomic E-state index is 4.91. The van der Waals surface area contributed by atoms with Gasteiger partial charge in [-0.05, 0) is 57.3 Å². The molecule has 0 N–H and O–H groups in total. The van der Waals surface area contributed by atoms with Gasteiger partial charge < -0.3 is 0 Å². The highest BCUT2D eigenvalue weighted by Gasteiger charge is 2.21. The Morgan fingerprint density at radius 3 is 1.73 bits per heavy atom. The third kappa shape index (κ3) is 3.30. The smallest absolute Gasteiger partial charge is 0.0786 e. The van der Waals surface area contributed by atoms with Crippen molar-refractivity contribution in [1.82, 2.24) is 9.97 Å². The van der Waals surface area contributed by atoms with Gasteiger partial charge in [-0.1, -0.05) is 97.1 Å². The Morgan fingerprint density at radius 2 is 1.00 bits per heavy atom. The van der Waals surface area contributed by atoms with E-state index in [0.717, 1.165) is 21.8 Å². The lowest BCUT2D eigenvalue weighted by Crippen LogP contribution is -1.92. The van der Waals surface area contributed by atoms with Crippen LogP contribution < -0.4 is 0 Å². The second kappa shape index (κ2) is 8.69. The quantitative estimate of drug-likeness (QED) is 0.205. The first-order valence-corrected chi connectivity index (χ1v) is 14.6. The fraction of sp³-hybridized carbons (Fsp3) is 0. The Bertz CT molecular complexity index is 2490. The van der Waals surface area contributed by atoms with Gasteiger partial charge >= 0.3 is 0 Å². The number of pyridine rings is 2. The molecule has 0 amide bonds. The van der Waals surface area contributed by atoms with E-state index in [9.17, 15) is 0 Å². The number of benzene rings is 6. The molecule has 41 heavy (non-hydrogen) atoms. The van der Waals surface area contributed by atoms with Crippen LogP contribution >= 0.6 is 11.3 Å². The van der Waals surface area contributed by atoms with Gasteiger partial charge in [0.05, 0.1) is 11.0 Å². The molecule has 0 bridgehead atoms. The standard InChI is InChI=1S/C38H22N2S/c1-2-14-31-29(11-1)36-32(41-31)20-19-28(27-12-3-7-23-15-17-25-9-5-21-39-37(25)33(23)27)35(36)30-13-4-8-24-16-18-26-10-6-22-40-38(26)34(24)30/h1-22H. The predicted molar refractivity (Wildman–Crippen MR) is 176 cm³/mol. The zero-order valence-electron chi connectivity index (χ0n) is 22.0. The van der Waals surface area contributed by atoms with Gasteiger partial charge in [-0.15, -0.1) is 11.3 Å². The maximum Gasteiger partial charge on any atom is 0.0786 e. The molecular formula is C38H22N2S. The van der Waals surface area contributed by atoms with E-state index in [0.29, 0.717) is 0 Å². The van der Waals surface area contributed by atoms with E-state index >= 15 is 0 Å². The largest absolute Gasteiger partial charge is 0.256 e. The topological polar surface area (TPSA) is 25.8 Å². The molecule has 0 spiro atoms. The average molecular weight is 539 g/mol. The van der Waals surface area contributed by atoms with Gasteiger partial charge in [0.1, 0.15) is 0 Å². The van der Waals surface area contributed by atoms with Crippen LogP contribution in [0.2, 0.25) is 0 Å². The molecule has 0 saturated heterocycles. The molecule has 0 saturated carbocycles. The molecule has 6 aromatic carbocycles. The number of thiophene rings is 1. The van der Waals surface area contributed by atoms with Crippen molar-refractivity contribution in [2.45, 2.75) is 0 Å². The number of hydrogen-bond acceptors (Lipinski definition) is 3. The van der Waals surface area contributed by atoms with E-state index < -0.39 is 0 Å². The van der Waals surface area contributed by atoms with Gasteiger partial charge in [0.15, 0.2) is 0 Å². The molecule has 9 aromatic rings. The van der Waals surface area contributed by atoms with Crippen molar-refractivity contribution in [2.75, 3.05) is 0 Å². The van der Waals surface area contributed by atoms with Gasteiger partial charge in [-0.25, -0.2) is 0 Å². The number of nitrogens with zero attached hydrogens (tertiary/aromatic N) is 2. The minimum Gasteiger partial charge on any atom is -0.256 e. The third-order valence-corrected chi connectivity index (χ3v) is 9.47. The first-order valence-electron chi connectivity index (χ1n) is 13.8. The number of fused-ring (bicyclic) bond motifs is 9. The third-order valence-electron chi connectivity index (χ3n) is 8.33. The van der Waals surface area contributed by atoms with E-state index in [4.69, 9.17) is 9.97 Å². The SMILES string of the molecule is c1cnc2c(c1)ccc1cccc(-c3ccc4sc5ccccc5c4c3-c3cccc4ccc5cccnc5c34)c12. The molecule has 0 aliphatic rings. The summed E-state index contributed by atoms with van der Waals surface area (Å²) in [4.78, 5) is 9.79. The Balaban J connectivity index is 1.52. The Labute approximate surface area is 240 Å². The van der Waals surface area contributed by atoms with Gasteiger partial charge in [0.2, 0.25) is 0 Å². The van der Waals surface area contributed by atoms with Crippen LogP contribution in [0, 0.1) is 0 Å². The minimum absolute atomic E-state index is 1.03. The highest BCUT2D eigenvalue weighted by Crippen LogP contribution is 2.48. The minimum atomic E-state index is 1.03. The average Bonchev–Trinajstić information content (AvgIpc) is 3.42. The van der Waals surface area contributed by atoms with Crippen LogP contribution in [0.4, 0.5) is 0 Å².